The van der Waals surface area contributed by atoms with Gasteiger partial charge in [0.25, 0.3) is 0 Å². The molecule has 5 amide bonds. The lowest BCUT2D eigenvalue weighted by Gasteiger charge is -2.25. The Morgan fingerprint density at radius 3 is 2.05 bits per heavy atom. The lowest BCUT2D eigenvalue weighted by Crippen LogP contribution is -2.58. The number of carbonyl (C=O) groups excluding carboxylic acids is 6. The molecule has 0 aromatic heterocycles. The number of esters is 1. The predicted octanol–water partition coefficient (Wildman–Crippen LogP) is 0.667. The van der Waals surface area contributed by atoms with Gasteiger partial charge < -0.3 is 41.2 Å². The topological polar surface area (TPSA) is 204 Å². The first-order chi connectivity index (χ1) is 20.1. The molecular formula is C29H45N5O9. The minimum atomic E-state index is -1.47. The van der Waals surface area contributed by atoms with E-state index in [4.69, 9.17) is 19.9 Å². The monoisotopic (exact) mass is 607 g/mol. The summed E-state index contributed by atoms with van der Waals surface area (Å²) in [7, 11) is 0. The molecule has 240 valence electrons. The summed E-state index contributed by atoms with van der Waals surface area (Å²) in [5, 5.41) is 9.69. The van der Waals surface area contributed by atoms with E-state index in [9.17, 15) is 28.8 Å². The Bertz CT molecular complexity index is 1090. The zero-order valence-corrected chi connectivity index (χ0v) is 25.7. The number of primary amides is 1. The Labute approximate surface area is 252 Å². The zero-order chi connectivity index (χ0) is 32.6. The molecular weight excluding hydrogens is 562 g/mol. The first-order valence-corrected chi connectivity index (χ1v) is 14.0. The number of benzene rings is 1. The van der Waals surface area contributed by atoms with Crippen LogP contribution in [-0.4, -0.2) is 79.2 Å². The van der Waals surface area contributed by atoms with Crippen LogP contribution in [0.25, 0.3) is 0 Å². The molecule has 1 aromatic carbocycles. The lowest BCUT2D eigenvalue weighted by atomic mass is 10.0. The molecule has 0 heterocycles. The number of carbonyl (C=O) groups is 6. The van der Waals surface area contributed by atoms with Gasteiger partial charge in [0.15, 0.2) is 0 Å². The largest absolute Gasteiger partial charge is 0.464 e. The second-order valence-electron chi connectivity index (χ2n) is 11.2. The van der Waals surface area contributed by atoms with E-state index in [0.717, 1.165) is 5.56 Å². The Hall–Kier alpha value is -4.20. The number of nitrogens with two attached hydrogens (primary N) is 1. The summed E-state index contributed by atoms with van der Waals surface area (Å²) in [4.78, 5) is 75.2. The first kappa shape index (κ1) is 36.8. The first-order valence-electron chi connectivity index (χ1n) is 14.0. The van der Waals surface area contributed by atoms with E-state index in [1.807, 2.05) is 44.2 Å². The van der Waals surface area contributed by atoms with E-state index in [0.29, 0.717) is 0 Å². The maximum Gasteiger partial charge on any atom is 0.408 e. The van der Waals surface area contributed by atoms with Gasteiger partial charge >= 0.3 is 12.1 Å². The number of alkyl carbamates (subject to hydrolysis) is 1. The van der Waals surface area contributed by atoms with Crippen LogP contribution in [-0.2, 0) is 44.8 Å². The highest BCUT2D eigenvalue weighted by molar-refractivity contribution is 5.96. The molecule has 0 aliphatic carbocycles. The van der Waals surface area contributed by atoms with Crippen molar-refractivity contribution in [2.45, 2.75) is 84.7 Å². The standard InChI is InChI=1S/C29H45N5O9/c1-7-42-27(39)21(13-18(2)3)34-25(37)20(14-23(30)35)33-26(38)22(17-41-16-19-11-9-8-10-12-19)32-24(36)15-31-28(40)43-29(4,5)6/h8-12,18,20-22H,7,13-17H2,1-6H3,(H2,30,35)(H,31,40)(H,32,36)(H,33,38)(H,34,37)/t20-,21-,22-/m0/s1. The van der Waals surface area contributed by atoms with Crippen molar-refractivity contribution < 1.29 is 43.0 Å². The second-order valence-corrected chi connectivity index (χ2v) is 11.2. The number of ether oxygens (including phenoxy) is 3. The van der Waals surface area contributed by atoms with E-state index in [1.54, 1.807) is 27.7 Å². The molecule has 14 heteroatoms. The minimum absolute atomic E-state index is 0.00883. The Morgan fingerprint density at radius 2 is 1.49 bits per heavy atom. The summed E-state index contributed by atoms with van der Waals surface area (Å²) in [6.45, 7) is 9.68. The number of hydrogen-bond acceptors (Lipinski definition) is 9. The van der Waals surface area contributed by atoms with E-state index in [2.05, 4.69) is 21.3 Å². The summed E-state index contributed by atoms with van der Waals surface area (Å²) in [6.07, 6.45) is -1.17. The zero-order valence-electron chi connectivity index (χ0n) is 25.7. The van der Waals surface area contributed by atoms with Crippen LogP contribution in [0.15, 0.2) is 30.3 Å². The van der Waals surface area contributed by atoms with Gasteiger partial charge in [-0.05, 0) is 45.6 Å². The van der Waals surface area contributed by atoms with Crippen LogP contribution in [0, 0.1) is 5.92 Å². The fraction of sp³-hybridized carbons (Fsp3) is 0.586. The van der Waals surface area contributed by atoms with Gasteiger partial charge in [0.1, 0.15) is 30.3 Å². The molecule has 0 unspecified atom stereocenters. The van der Waals surface area contributed by atoms with Crippen molar-refractivity contribution >= 4 is 35.7 Å². The van der Waals surface area contributed by atoms with Crippen molar-refractivity contribution in [3.05, 3.63) is 35.9 Å². The van der Waals surface area contributed by atoms with Crippen LogP contribution in [0.3, 0.4) is 0 Å². The molecule has 1 aromatic rings. The van der Waals surface area contributed by atoms with Gasteiger partial charge in [-0.1, -0.05) is 44.2 Å². The van der Waals surface area contributed by atoms with Gasteiger partial charge in [-0.15, -0.1) is 0 Å². The van der Waals surface area contributed by atoms with Gasteiger partial charge in [0.2, 0.25) is 23.6 Å². The fourth-order valence-electron chi connectivity index (χ4n) is 3.65. The summed E-state index contributed by atoms with van der Waals surface area (Å²) in [5.74, 6) is -3.99. The molecule has 0 bridgehead atoms. The molecule has 0 radical (unpaired) electrons. The average Bonchev–Trinajstić information content (AvgIpc) is 2.89. The summed E-state index contributed by atoms with van der Waals surface area (Å²) in [5.41, 5.74) is 5.35. The van der Waals surface area contributed by atoms with Crippen LogP contribution in [0.5, 0.6) is 0 Å². The van der Waals surface area contributed by atoms with Gasteiger partial charge in [0, 0.05) is 0 Å². The normalized spacial score (nSPS) is 13.2. The average molecular weight is 608 g/mol. The van der Waals surface area contributed by atoms with Crippen LogP contribution in [0.1, 0.15) is 59.9 Å². The predicted molar refractivity (Wildman–Crippen MR) is 156 cm³/mol. The molecule has 0 fully saturated rings. The quantitative estimate of drug-likeness (QED) is 0.158. The smallest absolute Gasteiger partial charge is 0.408 e. The highest BCUT2D eigenvalue weighted by atomic mass is 16.6. The van der Waals surface area contributed by atoms with Gasteiger partial charge in [0.05, 0.1) is 26.2 Å². The molecule has 0 saturated carbocycles. The van der Waals surface area contributed by atoms with Crippen molar-refractivity contribution in [2.75, 3.05) is 19.8 Å². The molecule has 14 nitrogen and oxygen atoms in total. The Kier molecular flexibility index (Phi) is 15.7. The highest BCUT2D eigenvalue weighted by Crippen LogP contribution is 2.09. The van der Waals surface area contributed by atoms with Crippen LogP contribution < -0.4 is 27.0 Å². The van der Waals surface area contributed by atoms with Gasteiger partial charge in [-0.2, -0.15) is 0 Å². The number of amides is 5. The van der Waals surface area contributed by atoms with Gasteiger partial charge in [-0.3, -0.25) is 19.2 Å². The van der Waals surface area contributed by atoms with Crippen molar-refractivity contribution in [1.82, 2.24) is 21.3 Å². The molecule has 6 N–H and O–H groups in total. The molecule has 43 heavy (non-hydrogen) atoms. The number of rotatable bonds is 17. The number of nitrogens with one attached hydrogen (secondary N) is 4. The Balaban J connectivity index is 3.05. The van der Waals surface area contributed by atoms with E-state index in [-0.39, 0.29) is 32.2 Å². The molecule has 0 spiro atoms. The Morgan fingerprint density at radius 1 is 0.884 bits per heavy atom. The fourth-order valence-corrected chi connectivity index (χ4v) is 3.65. The minimum Gasteiger partial charge on any atom is -0.464 e. The van der Waals surface area contributed by atoms with E-state index < -0.39 is 72.4 Å². The highest BCUT2D eigenvalue weighted by Gasteiger charge is 2.31. The molecule has 0 aliphatic rings. The third-order valence-electron chi connectivity index (χ3n) is 5.47. The van der Waals surface area contributed by atoms with Crippen LogP contribution in [0.4, 0.5) is 4.79 Å². The van der Waals surface area contributed by atoms with Crippen LogP contribution in [0.2, 0.25) is 0 Å². The lowest BCUT2D eigenvalue weighted by molar-refractivity contribution is -0.148. The van der Waals surface area contributed by atoms with E-state index >= 15 is 0 Å². The molecule has 3 atom stereocenters. The molecule has 1 rings (SSSR count). The maximum absolute atomic E-state index is 13.3. The van der Waals surface area contributed by atoms with Crippen molar-refractivity contribution in [3.63, 3.8) is 0 Å². The van der Waals surface area contributed by atoms with E-state index in [1.165, 1.54) is 0 Å². The van der Waals surface area contributed by atoms with Crippen molar-refractivity contribution in [1.29, 1.82) is 0 Å². The molecule has 0 aliphatic heterocycles. The molecule has 0 saturated heterocycles. The summed E-state index contributed by atoms with van der Waals surface area (Å²) < 4.78 is 15.8. The third-order valence-corrected chi connectivity index (χ3v) is 5.47. The third kappa shape index (κ3) is 16.1. The van der Waals surface area contributed by atoms with Crippen molar-refractivity contribution in [3.8, 4) is 0 Å². The summed E-state index contributed by atoms with van der Waals surface area (Å²) >= 11 is 0. The number of hydrogen-bond donors (Lipinski definition) is 5. The van der Waals surface area contributed by atoms with Gasteiger partial charge in [-0.25, -0.2) is 9.59 Å². The maximum atomic E-state index is 13.3. The van der Waals surface area contributed by atoms with Crippen LogP contribution >= 0.6 is 0 Å². The van der Waals surface area contributed by atoms with Crippen molar-refractivity contribution in [2.24, 2.45) is 11.7 Å². The SMILES string of the molecule is CCOC(=O)[C@H](CC(C)C)NC(=O)[C@H](CC(N)=O)NC(=O)[C@H](COCc1ccccc1)NC(=O)CNC(=O)OC(C)(C)C. The summed E-state index contributed by atoms with van der Waals surface area (Å²) in [6, 6.07) is 5.23. The second kappa shape index (κ2) is 18.4.